The van der Waals surface area contributed by atoms with Crippen LogP contribution < -0.4 is 0 Å². The highest BCUT2D eigenvalue weighted by molar-refractivity contribution is 7.14. The minimum Gasteiger partial charge on any atom is -0.503 e. The first-order chi connectivity index (χ1) is 12.5. The smallest absolute Gasteiger partial charge is 0.290 e. The largest absolute Gasteiger partial charge is 0.503 e. The van der Waals surface area contributed by atoms with E-state index in [0.717, 1.165) is 17.8 Å². The second-order valence-corrected chi connectivity index (χ2v) is 7.48. The number of thiazole rings is 1. The van der Waals surface area contributed by atoms with Crippen LogP contribution in [0, 0.1) is 13.8 Å². The number of pyridine rings is 1. The van der Waals surface area contributed by atoms with Crippen molar-refractivity contribution >= 4 is 23.0 Å². The zero-order chi connectivity index (χ0) is 18.8. The Morgan fingerprint density at radius 2 is 2.15 bits per heavy atom. The molecule has 7 heteroatoms. The zero-order valence-corrected chi connectivity index (χ0v) is 15.8. The fourth-order valence-electron chi connectivity index (χ4n) is 3.19. The van der Waals surface area contributed by atoms with Crippen molar-refractivity contribution in [3.63, 3.8) is 0 Å². The van der Waals surface area contributed by atoms with Gasteiger partial charge in [-0.05, 0) is 31.9 Å². The van der Waals surface area contributed by atoms with Crippen molar-refractivity contribution in [2.45, 2.75) is 39.7 Å². The molecule has 6 nitrogen and oxygen atoms in total. The molecular formula is C19H21N3O3S. The maximum atomic E-state index is 13.2. The number of nitrogens with zero attached hydrogens (tertiary/aromatic N) is 3. The third kappa shape index (κ3) is 3.14. The van der Waals surface area contributed by atoms with Gasteiger partial charge in [-0.3, -0.25) is 14.6 Å². The highest BCUT2D eigenvalue weighted by atomic mass is 32.1. The summed E-state index contributed by atoms with van der Waals surface area (Å²) >= 11 is 1.28. The molecule has 0 spiro atoms. The topological polar surface area (TPSA) is 83.4 Å². The van der Waals surface area contributed by atoms with Crippen molar-refractivity contribution in [3.8, 4) is 0 Å². The average molecular weight is 371 g/mol. The maximum Gasteiger partial charge on any atom is 0.290 e. The lowest BCUT2D eigenvalue weighted by molar-refractivity contribution is -0.129. The Kier molecular flexibility index (Phi) is 5.18. The van der Waals surface area contributed by atoms with E-state index in [1.807, 2.05) is 19.9 Å². The van der Waals surface area contributed by atoms with Crippen LogP contribution in [0.1, 0.15) is 51.7 Å². The Bertz CT molecular complexity index is 873. The van der Waals surface area contributed by atoms with E-state index in [-0.39, 0.29) is 11.4 Å². The maximum absolute atomic E-state index is 13.2. The summed E-state index contributed by atoms with van der Waals surface area (Å²) in [4.78, 5) is 36.3. The van der Waals surface area contributed by atoms with Crippen LogP contribution in [0.3, 0.4) is 0 Å². The molecule has 1 N–H and O–H groups in total. The number of carbonyl (C=O) groups excluding carboxylic acids is 2. The molecule has 0 bridgehead atoms. The van der Waals surface area contributed by atoms with E-state index in [1.165, 1.54) is 11.3 Å². The number of aliphatic hydroxyl groups excluding tert-OH is 1. The number of aromatic nitrogens is 2. The summed E-state index contributed by atoms with van der Waals surface area (Å²) in [6, 6.07) is 2.95. The van der Waals surface area contributed by atoms with Gasteiger partial charge in [-0.1, -0.05) is 19.4 Å². The van der Waals surface area contributed by atoms with Gasteiger partial charge >= 0.3 is 0 Å². The molecule has 0 saturated heterocycles. The summed E-state index contributed by atoms with van der Waals surface area (Å²) in [5.74, 6) is -1.31. The van der Waals surface area contributed by atoms with Crippen LogP contribution in [-0.4, -0.2) is 38.2 Å². The number of amides is 1. The molecule has 136 valence electrons. The predicted octanol–water partition coefficient (Wildman–Crippen LogP) is 3.53. The van der Waals surface area contributed by atoms with E-state index in [1.54, 1.807) is 30.3 Å². The van der Waals surface area contributed by atoms with Crippen LogP contribution in [0.25, 0.3) is 0 Å². The van der Waals surface area contributed by atoms with Gasteiger partial charge in [0.25, 0.3) is 5.91 Å². The van der Waals surface area contributed by atoms with Gasteiger partial charge in [0.15, 0.2) is 5.76 Å². The van der Waals surface area contributed by atoms with Crippen LogP contribution in [0.5, 0.6) is 0 Å². The van der Waals surface area contributed by atoms with E-state index >= 15 is 0 Å². The molecule has 0 aliphatic carbocycles. The van der Waals surface area contributed by atoms with Gasteiger partial charge in [-0.2, -0.15) is 0 Å². The summed E-state index contributed by atoms with van der Waals surface area (Å²) in [5, 5.41) is 11.3. The Morgan fingerprint density at radius 1 is 1.38 bits per heavy atom. The molecule has 2 aromatic rings. The van der Waals surface area contributed by atoms with Crippen LogP contribution in [0.4, 0.5) is 0 Å². The molecule has 0 radical (unpaired) electrons. The van der Waals surface area contributed by atoms with Crippen molar-refractivity contribution in [2.75, 3.05) is 6.54 Å². The first kappa shape index (κ1) is 18.3. The van der Waals surface area contributed by atoms with Crippen LogP contribution in [0.15, 0.2) is 35.9 Å². The number of unbranched alkanes of at least 4 members (excludes halogenated alkanes) is 1. The third-order valence-electron chi connectivity index (χ3n) is 4.41. The average Bonchev–Trinajstić information content (AvgIpc) is 3.10. The molecule has 3 heterocycles. The number of aliphatic hydroxyl groups is 1. The van der Waals surface area contributed by atoms with Crippen molar-refractivity contribution in [1.82, 2.24) is 14.9 Å². The monoisotopic (exact) mass is 371 g/mol. The lowest BCUT2D eigenvalue weighted by Gasteiger charge is -2.26. The lowest BCUT2D eigenvalue weighted by Crippen LogP contribution is -2.32. The van der Waals surface area contributed by atoms with Gasteiger partial charge in [-0.15, -0.1) is 11.3 Å². The molecule has 1 aliphatic rings. The highest BCUT2D eigenvalue weighted by Gasteiger charge is 2.44. The Hall–Kier alpha value is -2.54. The number of aryl methyl sites for hydroxylation is 2. The highest BCUT2D eigenvalue weighted by Crippen LogP contribution is 2.39. The second kappa shape index (κ2) is 7.37. The standard InChI is InChI=1S/C19H21N3O3S/c1-4-5-9-22-15(13-7-6-8-20-10-13)14(17(24)19(22)25)16(23)18-11(2)21-12(3)26-18/h6-8,10,15,24H,4-5,9H2,1-3H3. The summed E-state index contributed by atoms with van der Waals surface area (Å²) in [6.07, 6.45) is 4.96. The summed E-state index contributed by atoms with van der Waals surface area (Å²) in [5.41, 5.74) is 1.44. The number of ketones is 1. The van der Waals surface area contributed by atoms with Crippen LogP contribution in [-0.2, 0) is 4.79 Å². The number of carbonyl (C=O) groups is 2. The predicted molar refractivity (Wildman–Crippen MR) is 99.2 cm³/mol. The molecule has 26 heavy (non-hydrogen) atoms. The van der Waals surface area contributed by atoms with E-state index in [2.05, 4.69) is 9.97 Å². The normalized spacial score (nSPS) is 17.3. The van der Waals surface area contributed by atoms with Crippen molar-refractivity contribution < 1.29 is 14.7 Å². The summed E-state index contributed by atoms with van der Waals surface area (Å²) in [7, 11) is 0. The first-order valence-electron chi connectivity index (χ1n) is 8.58. The molecule has 3 rings (SSSR count). The Morgan fingerprint density at radius 3 is 2.73 bits per heavy atom. The van der Waals surface area contributed by atoms with E-state index in [4.69, 9.17) is 0 Å². The van der Waals surface area contributed by atoms with E-state index < -0.39 is 17.7 Å². The van der Waals surface area contributed by atoms with Gasteiger partial charge in [0, 0.05) is 18.9 Å². The molecule has 0 saturated carbocycles. The fraction of sp³-hybridized carbons (Fsp3) is 0.368. The molecule has 0 aromatic carbocycles. The first-order valence-corrected chi connectivity index (χ1v) is 9.40. The van der Waals surface area contributed by atoms with Crippen molar-refractivity contribution in [2.24, 2.45) is 0 Å². The van der Waals surface area contributed by atoms with E-state index in [0.29, 0.717) is 22.7 Å². The number of hydrogen-bond donors (Lipinski definition) is 1. The van der Waals surface area contributed by atoms with E-state index in [9.17, 15) is 14.7 Å². The van der Waals surface area contributed by atoms with Crippen molar-refractivity contribution in [1.29, 1.82) is 0 Å². The van der Waals surface area contributed by atoms with Gasteiger partial charge in [0.05, 0.1) is 27.2 Å². The Balaban J connectivity index is 2.09. The number of hydrogen-bond acceptors (Lipinski definition) is 6. The van der Waals surface area contributed by atoms with Crippen LogP contribution in [0.2, 0.25) is 0 Å². The molecule has 1 amide bonds. The molecule has 1 atom stereocenters. The second-order valence-electron chi connectivity index (χ2n) is 6.28. The van der Waals surface area contributed by atoms with Crippen LogP contribution >= 0.6 is 11.3 Å². The summed E-state index contributed by atoms with van der Waals surface area (Å²) in [6.45, 7) is 6.09. The third-order valence-corrected chi connectivity index (χ3v) is 5.48. The number of Topliss-reactive ketones (excluding diaryl/α,β-unsaturated/α-hetero) is 1. The van der Waals surface area contributed by atoms with Gasteiger partial charge < -0.3 is 10.0 Å². The SMILES string of the molecule is CCCCN1C(=O)C(O)=C(C(=O)c2sc(C)nc2C)C1c1cccnc1. The number of rotatable bonds is 6. The quantitative estimate of drug-likeness (QED) is 0.785. The molecule has 0 fully saturated rings. The molecule has 1 aliphatic heterocycles. The van der Waals surface area contributed by atoms with Crippen molar-refractivity contribution in [3.05, 3.63) is 57.0 Å². The fourth-order valence-corrected chi connectivity index (χ4v) is 4.07. The molecular weight excluding hydrogens is 350 g/mol. The molecule has 1 unspecified atom stereocenters. The van der Waals surface area contributed by atoms with Gasteiger partial charge in [-0.25, -0.2) is 4.98 Å². The summed E-state index contributed by atoms with van der Waals surface area (Å²) < 4.78 is 0. The minimum atomic E-state index is -0.628. The van der Waals surface area contributed by atoms with Gasteiger partial charge in [0.2, 0.25) is 5.78 Å². The zero-order valence-electron chi connectivity index (χ0n) is 15.0. The molecule has 2 aromatic heterocycles. The minimum absolute atomic E-state index is 0.117. The lowest BCUT2D eigenvalue weighted by atomic mass is 9.96. The Labute approximate surface area is 156 Å². The van der Waals surface area contributed by atoms with Gasteiger partial charge in [0.1, 0.15) is 0 Å².